The average molecular weight is 259 g/mol. The third kappa shape index (κ3) is 2.87. The highest BCUT2D eigenvalue weighted by molar-refractivity contribution is 5.45. The number of nitrogens with zero attached hydrogens (tertiary/aromatic N) is 4. The second kappa shape index (κ2) is 5.57. The monoisotopic (exact) mass is 259 g/mol. The van der Waals surface area contributed by atoms with Crippen LogP contribution < -0.4 is 5.32 Å². The van der Waals surface area contributed by atoms with Gasteiger partial charge in [0.25, 0.3) is 0 Å². The molecule has 5 heteroatoms. The van der Waals surface area contributed by atoms with Gasteiger partial charge in [0.05, 0.1) is 6.20 Å². The van der Waals surface area contributed by atoms with Crippen molar-refractivity contribution in [3.63, 3.8) is 0 Å². The summed E-state index contributed by atoms with van der Waals surface area (Å²) in [6.45, 7) is 2.00. The predicted octanol–water partition coefficient (Wildman–Crippen LogP) is 2.02. The van der Waals surface area contributed by atoms with Gasteiger partial charge < -0.3 is 10.2 Å². The van der Waals surface area contributed by atoms with Gasteiger partial charge in [-0.05, 0) is 26.0 Å². The van der Waals surface area contributed by atoms with Crippen LogP contribution in [0.25, 0.3) is 5.65 Å². The molecule has 2 heterocycles. The summed E-state index contributed by atoms with van der Waals surface area (Å²) in [5.74, 6) is 0.924. The van der Waals surface area contributed by atoms with Crippen molar-refractivity contribution in [1.29, 1.82) is 0 Å². The van der Waals surface area contributed by atoms with Crippen molar-refractivity contribution in [1.82, 2.24) is 19.5 Å². The van der Waals surface area contributed by atoms with Crippen LogP contribution in [0.5, 0.6) is 0 Å². The summed E-state index contributed by atoms with van der Waals surface area (Å²) in [4.78, 5) is 6.97. The Labute approximate surface area is 113 Å². The Kier molecular flexibility index (Phi) is 3.64. The summed E-state index contributed by atoms with van der Waals surface area (Å²) in [6, 6.07) is 4.66. The van der Waals surface area contributed by atoms with Gasteiger partial charge in [-0.25, -0.2) is 9.50 Å². The maximum atomic E-state index is 4.50. The summed E-state index contributed by atoms with van der Waals surface area (Å²) in [5, 5.41) is 7.53. The van der Waals surface area contributed by atoms with E-state index in [0.29, 0.717) is 0 Å². The van der Waals surface area contributed by atoms with E-state index in [1.807, 2.05) is 18.3 Å². The second-order valence-corrected chi connectivity index (χ2v) is 5.29. The lowest BCUT2D eigenvalue weighted by molar-refractivity contribution is 0.254. The van der Waals surface area contributed by atoms with Crippen LogP contribution in [0, 0.1) is 0 Å². The minimum absolute atomic E-state index is 0.784. The first-order valence-electron chi connectivity index (χ1n) is 7.07. The largest absolute Gasteiger partial charge is 0.369 e. The normalized spacial score (nSPS) is 16.5. The average Bonchev–Trinajstić information content (AvgIpc) is 3.09. The van der Waals surface area contributed by atoms with Gasteiger partial charge in [0, 0.05) is 31.4 Å². The van der Waals surface area contributed by atoms with Crippen LogP contribution in [-0.4, -0.2) is 45.7 Å². The molecular weight excluding hydrogens is 238 g/mol. The fourth-order valence-electron chi connectivity index (χ4n) is 2.80. The van der Waals surface area contributed by atoms with Crippen molar-refractivity contribution < 1.29 is 0 Å². The van der Waals surface area contributed by atoms with Gasteiger partial charge in [-0.15, -0.1) is 0 Å². The number of fused-ring (bicyclic) bond motifs is 1. The van der Waals surface area contributed by atoms with Gasteiger partial charge in [-0.1, -0.05) is 12.8 Å². The third-order valence-corrected chi connectivity index (χ3v) is 3.98. The maximum Gasteiger partial charge on any atom is 0.157 e. The van der Waals surface area contributed by atoms with Crippen LogP contribution in [-0.2, 0) is 0 Å². The van der Waals surface area contributed by atoms with E-state index in [9.17, 15) is 0 Å². The van der Waals surface area contributed by atoms with Crippen molar-refractivity contribution in [2.45, 2.75) is 31.7 Å². The zero-order chi connectivity index (χ0) is 13.1. The SMILES string of the molecule is CN(CCNc1ccn2nccc2n1)C1CCCC1. The Morgan fingerprint density at radius 3 is 3.05 bits per heavy atom. The molecule has 3 rings (SSSR count). The molecule has 0 atom stereocenters. The number of anilines is 1. The molecule has 0 unspecified atom stereocenters. The zero-order valence-electron chi connectivity index (χ0n) is 11.4. The van der Waals surface area contributed by atoms with E-state index in [-0.39, 0.29) is 0 Å². The molecule has 0 saturated heterocycles. The van der Waals surface area contributed by atoms with E-state index in [1.165, 1.54) is 25.7 Å². The number of hydrogen-bond donors (Lipinski definition) is 1. The van der Waals surface area contributed by atoms with E-state index >= 15 is 0 Å². The van der Waals surface area contributed by atoms with Gasteiger partial charge in [-0.3, -0.25) is 0 Å². The zero-order valence-corrected chi connectivity index (χ0v) is 11.4. The van der Waals surface area contributed by atoms with Crippen LogP contribution in [0.15, 0.2) is 24.5 Å². The van der Waals surface area contributed by atoms with Crippen LogP contribution in [0.3, 0.4) is 0 Å². The van der Waals surface area contributed by atoms with E-state index < -0.39 is 0 Å². The van der Waals surface area contributed by atoms with Crippen molar-refractivity contribution in [2.75, 3.05) is 25.5 Å². The van der Waals surface area contributed by atoms with E-state index in [2.05, 4.69) is 27.3 Å². The molecule has 19 heavy (non-hydrogen) atoms. The molecular formula is C14H21N5. The smallest absolute Gasteiger partial charge is 0.157 e. The molecule has 1 saturated carbocycles. The lowest BCUT2D eigenvalue weighted by Crippen LogP contribution is -2.33. The van der Waals surface area contributed by atoms with E-state index in [4.69, 9.17) is 0 Å². The van der Waals surface area contributed by atoms with Crippen molar-refractivity contribution in [3.8, 4) is 0 Å². The van der Waals surface area contributed by atoms with Crippen LogP contribution in [0.2, 0.25) is 0 Å². The molecule has 2 aromatic rings. The summed E-state index contributed by atoms with van der Waals surface area (Å²) in [7, 11) is 2.23. The van der Waals surface area contributed by atoms with Crippen LogP contribution in [0.1, 0.15) is 25.7 Å². The number of aromatic nitrogens is 3. The fraction of sp³-hybridized carbons (Fsp3) is 0.571. The summed E-state index contributed by atoms with van der Waals surface area (Å²) < 4.78 is 1.77. The first-order valence-corrected chi connectivity index (χ1v) is 7.07. The molecule has 0 radical (unpaired) electrons. The third-order valence-electron chi connectivity index (χ3n) is 3.98. The molecule has 2 aromatic heterocycles. The van der Waals surface area contributed by atoms with Gasteiger partial charge in [0.1, 0.15) is 5.82 Å². The lowest BCUT2D eigenvalue weighted by Gasteiger charge is -2.24. The number of rotatable bonds is 5. The first kappa shape index (κ1) is 12.4. The van der Waals surface area contributed by atoms with Crippen molar-refractivity contribution in [3.05, 3.63) is 24.5 Å². The highest BCUT2D eigenvalue weighted by Gasteiger charge is 2.18. The Hall–Kier alpha value is -1.62. The molecule has 1 N–H and O–H groups in total. The second-order valence-electron chi connectivity index (χ2n) is 5.29. The molecule has 0 aliphatic heterocycles. The Morgan fingerprint density at radius 2 is 2.21 bits per heavy atom. The Balaban J connectivity index is 1.51. The predicted molar refractivity (Wildman–Crippen MR) is 76.4 cm³/mol. The van der Waals surface area contributed by atoms with Gasteiger partial charge in [-0.2, -0.15) is 5.10 Å². The molecule has 0 aromatic carbocycles. The summed E-state index contributed by atoms with van der Waals surface area (Å²) in [5.41, 5.74) is 0.883. The topological polar surface area (TPSA) is 45.5 Å². The molecule has 0 bridgehead atoms. The quantitative estimate of drug-likeness (QED) is 0.892. The molecule has 0 amide bonds. The van der Waals surface area contributed by atoms with Gasteiger partial charge in [0.15, 0.2) is 5.65 Å². The van der Waals surface area contributed by atoms with E-state index in [1.54, 1.807) is 10.7 Å². The number of nitrogens with one attached hydrogen (secondary N) is 1. The lowest BCUT2D eigenvalue weighted by atomic mass is 10.2. The molecule has 1 aliphatic rings. The van der Waals surface area contributed by atoms with E-state index in [0.717, 1.165) is 30.6 Å². The standard InChI is InChI=1S/C14H21N5/c1-18(12-4-2-3-5-12)11-9-15-13-7-10-19-14(17-13)6-8-16-19/h6-8,10,12H,2-5,9,11H2,1H3,(H,15,17). The van der Waals surface area contributed by atoms with Crippen LogP contribution in [0.4, 0.5) is 5.82 Å². The number of likely N-dealkylation sites (N-methyl/N-ethyl adjacent to an activating group) is 1. The minimum Gasteiger partial charge on any atom is -0.369 e. The highest BCUT2D eigenvalue weighted by Crippen LogP contribution is 2.21. The molecule has 0 spiro atoms. The van der Waals surface area contributed by atoms with Crippen molar-refractivity contribution >= 4 is 11.5 Å². The van der Waals surface area contributed by atoms with Crippen LogP contribution >= 0.6 is 0 Å². The summed E-state index contributed by atoms with van der Waals surface area (Å²) in [6.07, 6.45) is 9.20. The Morgan fingerprint density at radius 1 is 1.37 bits per heavy atom. The molecule has 1 fully saturated rings. The molecule has 5 nitrogen and oxygen atoms in total. The maximum absolute atomic E-state index is 4.50. The highest BCUT2D eigenvalue weighted by atomic mass is 15.2. The molecule has 102 valence electrons. The number of hydrogen-bond acceptors (Lipinski definition) is 4. The van der Waals surface area contributed by atoms with Gasteiger partial charge in [0.2, 0.25) is 0 Å². The summed E-state index contributed by atoms with van der Waals surface area (Å²) >= 11 is 0. The molecule has 1 aliphatic carbocycles. The minimum atomic E-state index is 0.784. The van der Waals surface area contributed by atoms with Gasteiger partial charge >= 0.3 is 0 Å². The fourth-order valence-corrected chi connectivity index (χ4v) is 2.80. The first-order chi connectivity index (χ1) is 9.33. The van der Waals surface area contributed by atoms with Crippen molar-refractivity contribution in [2.24, 2.45) is 0 Å². The Bertz CT molecular complexity index is 529.